The lowest BCUT2D eigenvalue weighted by Crippen LogP contribution is -2.41. The number of likely N-dealkylation sites (tertiary alicyclic amines) is 1. The van der Waals surface area contributed by atoms with Gasteiger partial charge in [-0.2, -0.15) is 0 Å². The number of nitrogens with zero attached hydrogens (tertiary/aromatic N) is 1. The van der Waals surface area contributed by atoms with Gasteiger partial charge in [-0.25, -0.2) is 0 Å². The first kappa shape index (κ1) is 16.6. The molecule has 2 aromatic rings. The van der Waals surface area contributed by atoms with Crippen LogP contribution in [0.4, 0.5) is 0 Å². The molecule has 1 aliphatic carbocycles. The maximum atomic E-state index is 12.3. The molecule has 128 valence electrons. The third-order valence-corrected chi connectivity index (χ3v) is 5.91. The molecule has 25 heavy (non-hydrogen) atoms. The van der Waals surface area contributed by atoms with Crippen molar-refractivity contribution in [3.05, 3.63) is 76.3 Å². The molecule has 2 aromatic carbocycles. The molecule has 1 saturated heterocycles. The van der Waals surface area contributed by atoms with E-state index >= 15 is 0 Å². The molecule has 0 N–H and O–H groups in total. The SMILES string of the molecule is O=C1CC2(CCN(C/C=C/c3ccc(Cl)cc3)CC2)c2ccccc21. The second-order valence-corrected chi connectivity index (χ2v) is 7.62. The maximum Gasteiger partial charge on any atom is 0.164 e. The molecule has 0 saturated carbocycles. The van der Waals surface area contributed by atoms with Gasteiger partial charge in [0.25, 0.3) is 0 Å². The van der Waals surface area contributed by atoms with Crippen LogP contribution in [0, 0.1) is 0 Å². The molecule has 1 spiro atoms. The fourth-order valence-electron chi connectivity index (χ4n) is 4.21. The van der Waals surface area contributed by atoms with Crippen LogP contribution in [0.25, 0.3) is 6.08 Å². The molecule has 0 aromatic heterocycles. The summed E-state index contributed by atoms with van der Waals surface area (Å²) in [6.45, 7) is 3.05. The molecular formula is C22H22ClNO. The van der Waals surface area contributed by atoms with Gasteiger partial charge < -0.3 is 0 Å². The highest BCUT2D eigenvalue weighted by molar-refractivity contribution is 6.30. The largest absolute Gasteiger partial charge is 0.300 e. The molecule has 2 nitrogen and oxygen atoms in total. The number of ketones is 1. The van der Waals surface area contributed by atoms with E-state index in [-0.39, 0.29) is 5.41 Å². The summed E-state index contributed by atoms with van der Waals surface area (Å²) in [7, 11) is 0. The van der Waals surface area contributed by atoms with E-state index in [0.29, 0.717) is 12.2 Å². The van der Waals surface area contributed by atoms with Crippen LogP contribution in [-0.2, 0) is 5.41 Å². The zero-order valence-electron chi connectivity index (χ0n) is 14.2. The van der Waals surface area contributed by atoms with E-state index in [9.17, 15) is 4.79 Å². The van der Waals surface area contributed by atoms with E-state index in [1.54, 1.807) is 0 Å². The Bertz CT molecular complexity index is 801. The molecule has 0 atom stereocenters. The Morgan fingerprint density at radius 2 is 1.76 bits per heavy atom. The number of Topliss-reactive ketones (excluding diaryl/α,β-unsaturated/α-hetero) is 1. The van der Waals surface area contributed by atoms with E-state index in [0.717, 1.165) is 43.1 Å². The Labute approximate surface area is 154 Å². The fourth-order valence-corrected chi connectivity index (χ4v) is 4.33. The van der Waals surface area contributed by atoms with Crippen molar-refractivity contribution in [3.63, 3.8) is 0 Å². The monoisotopic (exact) mass is 351 g/mol. The van der Waals surface area contributed by atoms with Gasteiger partial charge in [-0.3, -0.25) is 9.69 Å². The Hall–Kier alpha value is -1.90. The lowest BCUT2D eigenvalue weighted by molar-refractivity contribution is 0.0941. The van der Waals surface area contributed by atoms with Crippen molar-refractivity contribution in [1.29, 1.82) is 0 Å². The molecule has 2 aliphatic rings. The number of carbonyl (C=O) groups is 1. The average Bonchev–Trinajstić information content (AvgIpc) is 2.91. The fraction of sp³-hybridized carbons (Fsp3) is 0.318. The van der Waals surface area contributed by atoms with Gasteiger partial charge >= 0.3 is 0 Å². The Morgan fingerprint density at radius 3 is 2.52 bits per heavy atom. The van der Waals surface area contributed by atoms with Crippen molar-refractivity contribution >= 4 is 23.5 Å². The minimum atomic E-state index is 0.0874. The Morgan fingerprint density at radius 1 is 1.04 bits per heavy atom. The first-order chi connectivity index (χ1) is 12.2. The molecule has 0 bridgehead atoms. The quantitative estimate of drug-likeness (QED) is 0.777. The summed E-state index contributed by atoms with van der Waals surface area (Å²) in [6.07, 6.45) is 7.21. The Kier molecular flexibility index (Phi) is 4.49. The highest BCUT2D eigenvalue weighted by Crippen LogP contribution is 2.45. The smallest absolute Gasteiger partial charge is 0.164 e. The average molecular weight is 352 g/mol. The van der Waals surface area contributed by atoms with Crippen LogP contribution in [0.3, 0.4) is 0 Å². The lowest BCUT2D eigenvalue weighted by Gasteiger charge is -2.39. The molecule has 0 amide bonds. The van der Waals surface area contributed by atoms with Gasteiger partial charge in [0.2, 0.25) is 0 Å². The number of piperidine rings is 1. The highest BCUT2D eigenvalue weighted by atomic mass is 35.5. The van der Waals surface area contributed by atoms with E-state index in [2.05, 4.69) is 29.2 Å². The molecule has 0 radical (unpaired) electrons. The number of fused-ring (bicyclic) bond motifs is 2. The first-order valence-electron chi connectivity index (χ1n) is 8.93. The summed E-state index contributed by atoms with van der Waals surface area (Å²) < 4.78 is 0. The van der Waals surface area contributed by atoms with Crippen LogP contribution >= 0.6 is 11.6 Å². The van der Waals surface area contributed by atoms with Crippen LogP contribution in [-0.4, -0.2) is 30.3 Å². The predicted molar refractivity (Wildman–Crippen MR) is 103 cm³/mol. The summed E-state index contributed by atoms with van der Waals surface area (Å²) in [5.74, 6) is 0.326. The molecule has 1 fully saturated rings. The normalized spacial score (nSPS) is 19.6. The number of halogens is 1. The molecule has 1 aliphatic heterocycles. The molecular weight excluding hydrogens is 330 g/mol. The summed E-state index contributed by atoms with van der Waals surface area (Å²) in [6, 6.07) is 16.1. The summed E-state index contributed by atoms with van der Waals surface area (Å²) in [5, 5.41) is 0.768. The third kappa shape index (κ3) is 3.29. The number of hydrogen-bond acceptors (Lipinski definition) is 2. The van der Waals surface area contributed by atoms with E-state index in [1.165, 1.54) is 11.1 Å². The topological polar surface area (TPSA) is 20.3 Å². The number of hydrogen-bond donors (Lipinski definition) is 0. The van der Waals surface area contributed by atoms with E-state index in [4.69, 9.17) is 11.6 Å². The van der Waals surface area contributed by atoms with Crippen LogP contribution in [0.2, 0.25) is 5.02 Å². The summed E-state index contributed by atoms with van der Waals surface area (Å²) in [5.41, 5.74) is 3.51. The van der Waals surface area contributed by atoms with Crippen molar-refractivity contribution in [2.45, 2.75) is 24.7 Å². The van der Waals surface area contributed by atoms with Crippen molar-refractivity contribution < 1.29 is 4.79 Å². The molecule has 0 unspecified atom stereocenters. The molecule has 1 heterocycles. The van der Waals surface area contributed by atoms with Crippen molar-refractivity contribution in [2.75, 3.05) is 19.6 Å². The number of benzene rings is 2. The second-order valence-electron chi connectivity index (χ2n) is 7.18. The van der Waals surface area contributed by atoms with Gasteiger partial charge in [-0.15, -0.1) is 0 Å². The van der Waals surface area contributed by atoms with Gasteiger partial charge in [0.15, 0.2) is 5.78 Å². The van der Waals surface area contributed by atoms with Crippen LogP contribution < -0.4 is 0 Å². The van der Waals surface area contributed by atoms with Gasteiger partial charge in [0.05, 0.1) is 0 Å². The van der Waals surface area contributed by atoms with Crippen molar-refractivity contribution in [2.24, 2.45) is 0 Å². The lowest BCUT2D eigenvalue weighted by atomic mass is 9.74. The van der Waals surface area contributed by atoms with Gasteiger partial charge in [0.1, 0.15) is 0 Å². The van der Waals surface area contributed by atoms with Crippen LogP contribution in [0.15, 0.2) is 54.6 Å². The van der Waals surface area contributed by atoms with Gasteiger partial charge in [0, 0.05) is 29.0 Å². The summed E-state index contributed by atoms with van der Waals surface area (Å²) in [4.78, 5) is 14.8. The zero-order chi connectivity index (χ0) is 17.3. The molecule has 4 rings (SSSR count). The van der Waals surface area contributed by atoms with E-state index < -0.39 is 0 Å². The molecule has 3 heteroatoms. The second kappa shape index (κ2) is 6.78. The third-order valence-electron chi connectivity index (χ3n) is 5.65. The first-order valence-corrected chi connectivity index (χ1v) is 9.31. The van der Waals surface area contributed by atoms with Crippen molar-refractivity contribution in [3.8, 4) is 0 Å². The maximum absolute atomic E-state index is 12.3. The number of carbonyl (C=O) groups excluding carboxylic acids is 1. The van der Waals surface area contributed by atoms with Crippen LogP contribution in [0.5, 0.6) is 0 Å². The van der Waals surface area contributed by atoms with E-state index in [1.807, 2.05) is 36.4 Å². The van der Waals surface area contributed by atoms with Crippen molar-refractivity contribution in [1.82, 2.24) is 4.90 Å². The standard InChI is InChI=1S/C22H22ClNO/c23-18-9-7-17(8-10-18)4-3-13-24-14-11-22(12-15-24)16-21(25)19-5-1-2-6-20(19)22/h1-10H,11-16H2/b4-3+. The van der Waals surface area contributed by atoms with Crippen LogP contribution in [0.1, 0.15) is 40.7 Å². The van der Waals surface area contributed by atoms with Gasteiger partial charge in [-0.1, -0.05) is 60.2 Å². The number of rotatable bonds is 3. The highest BCUT2D eigenvalue weighted by Gasteiger charge is 2.44. The minimum absolute atomic E-state index is 0.0874. The predicted octanol–water partition coefficient (Wildman–Crippen LogP) is 4.97. The minimum Gasteiger partial charge on any atom is -0.300 e. The Balaban J connectivity index is 1.38. The summed E-state index contributed by atoms with van der Waals surface area (Å²) >= 11 is 5.92. The zero-order valence-corrected chi connectivity index (χ0v) is 15.0. The van der Waals surface area contributed by atoms with Gasteiger partial charge in [-0.05, 0) is 49.2 Å².